The third-order valence-electron chi connectivity index (χ3n) is 2.81. The number of carbonyl (C=O) groups excluding carboxylic acids is 1. The van der Waals surface area contributed by atoms with Gasteiger partial charge in [-0.3, -0.25) is 4.79 Å². The van der Waals surface area contributed by atoms with Gasteiger partial charge in [0.2, 0.25) is 0 Å². The first-order valence-electron chi connectivity index (χ1n) is 5.86. The summed E-state index contributed by atoms with van der Waals surface area (Å²) in [5, 5.41) is 11.6. The molecule has 0 bridgehead atoms. The number of amides is 1. The van der Waals surface area contributed by atoms with Crippen LogP contribution in [0.3, 0.4) is 0 Å². The van der Waals surface area contributed by atoms with Gasteiger partial charge in [0.15, 0.2) is 0 Å². The predicted octanol–water partition coefficient (Wildman–Crippen LogP) is 2.73. The van der Waals surface area contributed by atoms with Crippen LogP contribution in [0.4, 0.5) is 0 Å². The summed E-state index contributed by atoms with van der Waals surface area (Å²) in [4.78, 5) is 11.9. The molecular formula is C14H18N2O. The van der Waals surface area contributed by atoms with Gasteiger partial charge in [0.25, 0.3) is 5.91 Å². The molecule has 1 amide bonds. The Balaban J connectivity index is 2.76. The minimum atomic E-state index is -0.394. The van der Waals surface area contributed by atoms with Crippen molar-refractivity contribution in [1.29, 1.82) is 5.26 Å². The fourth-order valence-electron chi connectivity index (χ4n) is 1.58. The first-order valence-corrected chi connectivity index (χ1v) is 5.86. The average Bonchev–Trinajstić information content (AvgIpc) is 2.31. The largest absolute Gasteiger partial charge is 0.336 e. The van der Waals surface area contributed by atoms with Crippen molar-refractivity contribution >= 4 is 5.91 Å². The van der Waals surface area contributed by atoms with E-state index in [-0.39, 0.29) is 5.91 Å². The van der Waals surface area contributed by atoms with Gasteiger partial charge in [-0.25, -0.2) is 0 Å². The Bertz CT molecular complexity index is 446. The Morgan fingerprint density at radius 2 is 2.12 bits per heavy atom. The number of rotatable bonds is 4. The number of hydrogen-bond acceptors (Lipinski definition) is 2. The van der Waals surface area contributed by atoms with Crippen LogP contribution in [0, 0.1) is 25.2 Å². The molecule has 0 fully saturated rings. The van der Waals surface area contributed by atoms with Crippen molar-refractivity contribution in [2.45, 2.75) is 39.7 Å². The number of aryl methyl sites for hydroxylation is 2. The summed E-state index contributed by atoms with van der Waals surface area (Å²) in [5.74, 6) is -0.173. The van der Waals surface area contributed by atoms with E-state index in [0.717, 1.165) is 17.5 Å². The van der Waals surface area contributed by atoms with E-state index < -0.39 is 6.04 Å². The van der Waals surface area contributed by atoms with Crippen molar-refractivity contribution in [2.24, 2.45) is 0 Å². The second kappa shape index (κ2) is 6.05. The van der Waals surface area contributed by atoms with Crippen LogP contribution >= 0.6 is 0 Å². The summed E-state index contributed by atoms with van der Waals surface area (Å²) in [5.41, 5.74) is 2.86. The van der Waals surface area contributed by atoms with Gasteiger partial charge in [-0.1, -0.05) is 19.4 Å². The number of benzene rings is 1. The average molecular weight is 230 g/mol. The molecule has 3 heteroatoms. The normalized spacial score (nSPS) is 11.6. The Hall–Kier alpha value is -1.82. The van der Waals surface area contributed by atoms with Crippen LogP contribution in [0.15, 0.2) is 18.2 Å². The van der Waals surface area contributed by atoms with E-state index in [1.165, 1.54) is 0 Å². The van der Waals surface area contributed by atoms with Crippen LogP contribution < -0.4 is 5.32 Å². The first-order chi connectivity index (χ1) is 8.08. The SMILES string of the molecule is CCCC(C#N)NC(=O)c1ccc(C)c(C)c1. The van der Waals surface area contributed by atoms with Crippen molar-refractivity contribution in [3.8, 4) is 6.07 Å². The van der Waals surface area contributed by atoms with Gasteiger partial charge in [-0.15, -0.1) is 0 Å². The van der Waals surface area contributed by atoms with Crippen LogP contribution in [0.2, 0.25) is 0 Å². The van der Waals surface area contributed by atoms with Gasteiger partial charge < -0.3 is 5.32 Å². The summed E-state index contributed by atoms with van der Waals surface area (Å²) < 4.78 is 0. The van der Waals surface area contributed by atoms with Gasteiger partial charge in [-0.05, 0) is 43.5 Å². The molecule has 1 atom stereocenters. The van der Waals surface area contributed by atoms with E-state index in [4.69, 9.17) is 5.26 Å². The maximum absolute atomic E-state index is 11.9. The molecule has 3 nitrogen and oxygen atoms in total. The zero-order valence-electron chi connectivity index (χ0n) is 10.6. The standard InChI is InChI=1S/C14H18N2O/c1-4-5-13(9-15)16-14(17)12-7-6-10(2)11(3)8-12/h6-8,13H,4-5H2,1-3H3,(H,16,17). The fourth-order valence-corrected chi connectivity index (χ4v) is 1.58. The van der Waals surface area contributed by atoms with Crippen LogP contribution in [-0.2, 0) is 0 Å². The van der Waals surface area contributed by atoms with Gasteiger partial charge >= 0.3 is 0 Å². The minimum absolute atomic E-state index is 0.173. The van der Waals surface area contributed by atoms with E-state index >= 15 is 0 Å². The molecule has 0 aliphatic heterocycles. The molecule has 0 aliphatic rings. The smallest absolute Gasteiger partial charge is 0.252 e. The molecule has 1 unspecified atom stereocenters. The van der Waals surface area contributed by atoms with E-state index in [2.05, 4.69) is 11.4 Å². The van der Waals surface area contributed by atoms with Crippen molar-refractivity contribution in [2.75, 3.05) is 0 Å². The van der Waals surface area contributed by atoms with E-state index in [9.17, 15) is 4.79 Å². The molecule has 1 aromatic carbocycles. The maximum Gasteiger partial charge on any atom is 0.252 e. The lowest BCUT2D eigenvalue weighted by molar-refractivity contribution is 0.0944. The molecule has 0 spiro atoms. The van der Waals surface area contributed by atoms with Crippen molar-refractivity contribution in [1.82, 2.24) is 5.32 Å². The minimum Gasteiger partial charge on any atom is -0.336 e. The molecule has 0 radical (unpaired) electrons. The molecule has 1 aromatic rings. The Kier molecular flexibility index (Phi) is 4.71. The van der Waals surface area contributed by atoms with E-state index in [1.807, 2.05) is 32.9 Å². The third kappa shape index (κ3) is 3.60. The van der Waals surface area contributed by atoms with E-state index in [0.29, 0.717) is 12.0 Å². The first kappa shape index (κ1) is 13.2. The lowest BCUT2D eigenvalue weighted by Crippen LogP contribution is -2.33. The maximum atomic E-state index is 11.9. The lowest BCUT2D eigenvalue weighted by Gasteiger charge is -2.11. The number of nitrogens with one attached hydrogen (secondary N) is 1. The topological polar surface area (TPSA) is 52.9 Å². The van der Waals surface area contributed by atoms with Crippen LogP contribution in [0.1, 0.15) is 41.3 Å². The van der Waals surface area contributed by atoms with Crippen molar-refractivity contribution in [3.63, 3.8) is 0 Å². The molecule has 0 aliphatic carbocycles. The quantitative estimate of drug-likeness (QED) is 0.864. The zero-order chi connectivity index (χ0) is 12.8. The van der Waals surface area contributed by atoms with Crippen LogP contribution in [-0.4, -0.2) is 11.9 Å². The molecule has 0 heterocycles. The van der Waals surface area contributed by atoms with Crippen molar-refractivity contribution < 1.29 is 4.79 Å². The van der Waals surface area contributed by atoms with E-state index in [1.54, 1.807) is 6.07 Å². The number of nitriles is 1. The molecule has 0 saturated carbocycles. The summed E-state index contributed by atoms with van der Waals surface area (Å²) in [6.07, 6.45) is 1.57. The second-order valence-electron chi connectivity index (χ2n) is 4.24. The lowest BCUT2D eigenvalue weighted by atomic mass is 10.1. The second-order valence-corrected chi connectivity index (χ2v) is 4.24. The third-order valence-corrected chi connectivity index (χ3v) is 2.81. The Labute approximate surface area is 102 Å². The monoisotopic (exact) mass is 230 g/mol. The summed E-state index contributed by atoms with van der Waals surface area (Å²) in [6.45, 7) is 5.97. The van der Waals surface area contributed by atoms with Gasteiger partial charge in [0.05, 0.1) is 6.07 Å². The number of nitrogens with zero attached hydrogens (tertiary/aromatic N) is 1. The molecule has 17 heavy (non-hydrogen) atoms. The highest BCUT2D eigenvalue weighted by molar-refractivity contribution is 5.94. The van der Waals surface area contributed by atoms with Crippen LogP contribution in [0.5, 0.6) is 0 Å². The Morgan fingerprint density at radius 3 is 2.65 bits per heavy atom. The molecule has 1 rings (SSSR count). The van der Waals surface area contributed by atoms with Crippen LogP contribution in [0.25, 0.3) is 0 Å². The molecule has 0 saturated heterocycles. The van der Waals surface area contributed by atoms with Gasteiger partial charge in [-0.2, -0.15) is 5.26 Å². The molecule has 1 N–H and O–H groups in total. The highest BCUT2D eigenvalue weighted by atomic mass is 16.1. The molecular weight excluding hydrogens is 212 g/mol. The molecule has 0 aromatic heterocycles. The highest BCUT2D eigenvalue weighted by Crippen LogP contribution is 2.10. The fraction of sp³-hybridized carbons (Fsp3) is 0.429. The summed E-state index contributed by atoms with van der Waals surface area (Å²) in [7, 11) is 0. The number of hydrogen-bond donors (Lipinski definition) is 1. The summed E-state index contributed by atoms with van der Waals surface area (Å²) in [6, 6.07) is 7.27. The van der Waals surface area contributed by atoms with Crippen molar-refractivity contribution in [3.05, 3.63) is 34.9 Å². The predicted molar refractivity (Wildman–Crippen MR) is 67.7 cm³/mol. The zero-order valence-corrected chi connectivity index (χ0v) is 10.6. The molecule has 90 valence electrons. The van der Waals surface area contributed by atoms with Gasteiger partial charge in [0, 0.05) is 5.56 Å². The number of carbonyl (C=O) groups is 1. The van der Waals surface area contributed by atoms with Gasteiger partial charge in [0.1, 0.15) is 6.04 Å². The Morgan fingerprint density at radius 1 is 1.41 bits per heavy atom. The highest BCUT2D eigenvalue weighted by Gasteiger charge is 2.12. The summed E-state index contributed by atoms with van der Waals surface area (Å²) >= 11 is 0.